The third-order valence-corrected chi connectivity index (χ3v) is 5.79. The number of hydrogen-bond donors (Lipinski definition) is 0. The summed E-state index contributed by atoms with van der Waals surface area (Å²) in [6.45, 7) is 2.55. The molecule has 4 rings (SSSR count). The number of benzene rings is 1. The Morgan fingerprint density at radius 3 is 2.12 bits per heavy atom. The van der Waals surface area contributed by atoms with Crippen LogP contribution >= 0.6 is 0 Å². The van der Waals surface area contributed by atoms with Crippen LogP contribution in [-0.2, 0) is 14.2 Å². The molecule has 2 heterocycles. The molecule has 0 radical (unpaired) electrons. The Bertz CT molecular complexity index is 574. The molecule has 4 nitrogen and oxygen atoms in total. The van der Waals surface area contributed by atoms with Crippen LogP contribution in [0.25, 0.3) is 0 Å². The van der Waals surface area contributed by atoms with E-state index in [1.807, 2.05) is 24.3 Å². The number of rotatable bonds is 4. The molecule has 128 valence electrons. The fraction of sp³-hybridized carbons (Fsp3) is 0.650. The van der Waals surface area contributed by atoms with Crippen LogP contribution in [0, 0.1) is 29.1 Å². The lowest BCUT2D eigenvalue weighted by Gasteiger charge is -2.37. The number of epoxide rings is 1. The molecular weight excluding hydrogens is 302 g/mol. The second-order valence-electron chi connectivity index (χ2n) is 7.46. The van der Waals surface area contributed by atoms with Gasteiger partial charge in [0.25, 0.3) is 0 Å². The van der Waals surface area contributed by atoms with Crippen LogP contribution in [-0.4, -0.2) is 25.9 Å². The van der Waals surface area contributed by atoms with E-state index in [4.69, 9.17) is 19.5 Å². The molecule has 0 amide bonds. The second-order valence-corrected chi connectivity index (χ2v) is 7.46. The lowest BCUT2D eigenvalue weighted by Crippen LogP contribution is -2.34. The monoisotopic (exact) mass is 327 g/mol. The highest BCUT2D eigenvalue weighted by Crippen LogP contribution is 2.39. The highest BCUT2D eigenvalue weighted by Gasteiger charge is 2.34. The summed E-state index contributed by atoms with van der Waals surface area (Å²) in [5, 5.41) is 8.87. The zero-order valence-corrected chi connectivity index (χ0v) is 14.0. The molecule has 1 aliphatic carbocycles. The fourth-order valence-corrected chi connectivity index (χ4v) is 4.17. The largest absolute Gasteiger partial charge is 0.373 e. The molecule has 1 saturated carbocycles. The van der Waals surface area contributed by atoms with Crippen molar-refractivity contribution in [3.63, 3.8) is 0 Å². The van der Waals surface area contributed by atoms with Crippen molar-refractivity contribution in [3.8, 4) is 6.07 Å². The van der Waals surface area contributed by atoms with Crippen molar-refractivity contribution in [2.45, 2.75) is 44.5 Å². The predicted molar refractivity (Wildman–Crippen MR) is 89.1 cm³/mol. The van der Waals surface area contributed by atoms with Crippen LogP contribution in [0.15, 0.2) is 24.3 Å². The smallest absolute Gasteiger partial charge is 0.183 e. The van der Waals surface area contributed by atoms with E-state index in [0.717, 1.165) is 37.2 Å². The molecule has 1 aromatic carbocycles. The minimum Gasteiger partial charge on any atom is -0.373 e. The van der Waals surface area contributed by atoms with Gasteiger partial charge in [-0.1, -0.05) is 25.0 Å². The van der Waals surface area contributed by atoms with E-state index < -0.39 is 0 Å². The average molecular weight is 327 g/mol. The SMILES string of the molecule is N#Cc1ccc(C2OCC(C3CCC(CC4CO4)CC3)CO2)cc1. The first-order chi connectivity index (χ1) is 11.8. The van der Waals surface area contributed by atoms with Gasteiger partial charge in [0.2, 0.25) is 0 Å². The van der Waals surface area contributed by atoms with Gasteiger partial charge in [0.1, 0.15) is 0 Å². The average Bonchev–Trinajstić information content (AvgIpc) is 3.47. The van der Waals surface area contributed by atoms with Gasteiger partial charge in [0.05, 0.1) is 37.6 Å². The zero-order chi connectivity index (χ0) is 16.4. The van der Waals surface area contributed by atoms with Crippen LogP contribution in [0.4, 0.5) is 0 Å². The summed E-state index contributed by atoms with van der Waals surface area (Å²) in [6.07, 6.45) is 6.83. The summed E-state index contributed by atoms with van der Waals surface area (Å²) < 4.78 is 17.3. The van der Waals surface area contributed by atoms with E-state index in [1.54, 1.807) is 0 Å². The van der Waals surface area contributed by atoms with Crippen molar-refractivity contribution in [2.24, 2.45) is 17.8 Å². The van der Waals surface area contributed by atoms with Crippen LogP contribution in [0.2, 0.25) is 0 Å². The number of nitrogens with zero attached hydrogens (tertiary/aromatic N) is 1. The van der Waals surface area contributed by atoms with Gasteiger partial charge in [-0.3, -0.25) is 0 Å². The van der Waals surface area contributed by atoms with E-state index >= 15 is 0 Å². The van der Waals surface area contributed by atoms with Crippen molar-refractivity contribution >= 4 is 0 Å². The Morgan fingerprint density at radius 2 is 1.54 bits per heavy atom. The molecular formula is C20H25NO3. The third kappa shape index (κ3) is 3.80. The molecule has 1 atom stereocenters. The fourth-order valence-electron chi connectivity index (χ4n) is 4.17. The molecule has 0 spiro atoms. The van der Waals surface area contributed by atoms with Crippen molar-refractivity contribution in [2.75, 3.05) is 19.8 Å². The maximum Gasteiger partial charge on any atom is 0.183 e. The lowest BCUT2D eigenvalue weighted by molar-refractivity contribution is -0.214. The Morgan fingerprint density at radius 1 is 0.875 bits per heavy atom. The molecule has 3 aliphatic rings. The zero-order valence-electron chi connectivity index (χ0n) is 14.0. The number of hydrogen-bond acceptors (Lipinski definition) is 4. The van der Waals surface area contributed by atoms with Gasteiger partial charge >= 0.3 is 0 Å². The van der Waals surface area contributed by atoms with Crippen LogP contribution in [0.1, 0.15) is 49.5 Å². The Balaban J connectivity index is 1.24. The standard InChI is InChI=1S/C20H25NO3/c21-10-15-3-7-17(8-4-15)20-23-11-18(12-24-20)16-5-1-14(2-6-16)9-19-13-22-19/h3-4,7-8,14,16,18-20H,1-2,5-6,9,11-13H2. The highest BCUT2D eigenvalue weighted by atomic mass is 16.7. The molecule has 4 heteroatoms. The molecule has 0 N–H and O–H groups in total. The van der Waals surface area contributed by atoms with Crippen molar-refractivity contribution in [1.29, 1.82) is 5.26 Å². The molecule has 24 heavy (non-hydrogen) atoms. The van der Waals surface area contributed by atoms with Crippen molar-refractivity contribution in [1.82, 2.24) is 0 Å². The van der Waals surface area contributed by atoms with E-state index in [9.17, 15) is 0 Å². The summed E-state index contributed by atoms with van der Waals surface area (Å²) in [4.78, 5) is 0. The summed E-state index contributed by atoms with van der Waals surface area (Å²) in [5.74, 6) is 2.13. The summed E-state index contributed by atoms with van der Waals surface area (Å²) in [5.41, 5.74) is 1.67. The van der Waals surface area contributed by atoms with Gasteiger partial charge in [-0.2, -0.15) is 5.26 Å². The molecule has 0 bridgehead atoms. The van der Waals surface area contributed by atoms with Gasteiger partial charge in [-0.15, -0.1) is 0 Å². The minimum absolute atomic E-state index is 0.280. The van der Waals surface area contributed by atoms with Crippen LogP contribution < -0.4 is 0 Å². The van der Waals surface area contributed by atoms with Gasteiger partial charge in [0.15, 0.2) is 6.29 Å². The third-order valence-electron chi connectivity index (χ3n) is 5.79. The first kappa shape index (κ1) is 16.1. The van der Waals surface area contributed by atoms with Gasteiger partial charge < -0.3 is 14.2 Å². The summed E-state index contributed by atoms with van der Waals surface area (Å²) in [7, 11) is 0. The van der Waals surface area contributed by atoms with E-state index in [-0.39, 0.29) is 6.29 Å². The van der Waals surface area contributed by atoms with Crippen LogP contribution in [0.3, 0.4) is 0 Å². The van der Waals surface area contributed by atoms with Crippen molar-refractivity contribution < 1.29 is 14.2 Å². The number of nitriles is 1. The number of ether oxygens (including phenoxy) is 3. The van der Waals surface area contributed by atoms with Gasteiger partial charge in [0, 0.05) is 11.5 Å². The lowest BCUT2D eigenvalue weighted by atomic mass is 9.75. The topological polar surface area (TPSA) is 54.8 Å². The Labute approximate surface area is 143 Å². The highest BCUT2D eigenvalue weighted by molar-refractivity contribution is 5.32. The maximum atomic E-state index is 8.87. The molecule has 2 aliphatic heterocycles. The van der Waals surface area contributed by atoms with Crippen LogP contribution in [0.5, 0.6) is 0 Å². The quantitative estimate of drug-likeness (QED) is 0.789. The molecule has 3 fully saturated rings. The van der Waals surface area contributed by atoms with Crippen molar-refractivity contribution in [3.05, 3.63) is 35.4 Å². The molecule has 1 aromatic rings. The van der Waals surface area contributed by atoms with Gasteiger partial charge in [-0.25, -0.2) is 0 Å². The normalized spacial score (nSPS) is 36.0. The molecule has 2 saturated heterocycles. The van der Waals surface area contributed by atoms with E-state index in [2.05, 4.69) is 6.07 Å². The van der Waals surface area contributed by atoms with E-state index in [0.29, 0.717) is 17.6 Å². The van der Waals surface area contributed by atoms with Gasteiger partial charge in [-0.05, 0) is 43.2 Å². The Kier molecular flexibility index (Phi) is 4.84. The minimum atomic E-state index is -0.280. The first-order valence-electron chi connectivity index (χ1n) is 9.16. The molecule has 1 unspecified atom stereocenters. The Hall–Kier alpha value is -1.41. The van der Waals surface area contributed by atoms with E-state index in [1.165, 1.54) is 32.1 Å². The first-order valence-corrected chi connectivity index (χ1v) is 9.16. The summed E-state index contributed by atoms with van der Waals surface area (Å²) in [6, 6.07) is 9.62. The maximum absolute atomic E-state index is 8.87. The second kappa shape index (κ2) is 7.23. The predicted octanol–water partition coefficient (Wildman–Crippen LogP) is 3.82. The summed E-state index contributed by atoms with van der Waals surface area (Å²) >= 11 is 0. The molecule has 0 aromatic heterocycles.